The molecule has 0 aliphatic rings. The predicted octanol–water partition coefficient (Wildman–Crippen LogP) is 4.86. The molecule has 3 N–H and O–H groups in total. The molecule has 0 saturated carbocycles. The van der Waals surface area contributed by atoms with Crippen LogP contribution >= 0.6 is 0 Å². The van der Waals surface area contributed by atoms with E-state index in [9.17, 15) is 17.6 Å². The van der Waals surface area contributed by atoms with Crippen LogP contribution in [0.1, 0.15) is 15.9 Å². The van der Waals surface area contributed by atoms with Crippen LogP contribution in [0.3, 0.4) is 0 Å². The number of nitrogens with one attached hydrogen (secondary N) is 1. The lowest BCUT2D eigenvalue weighted by molar-refractivity contribution is 0.102. The Morgan fingerprint density at radius 1 is 0.939 bits per heavy atom. The minimum absolute atomic E-state index is 0.0629. The number of amides is 1. The van der Waals surface area contributed by atoms with Crippen molar-refractivity contribution in [1.82, 2.24) is 4.98 Å². The summed E-state index contributed by atoms with van der Waals surface area (Å²) in [5.74, 6) is -0.786. The zero-order chi connectivity index (χ0) is 23.6. The first kappa shape index (κ1) is 22.2. The molecule has 4 aromatic rings. The van der Waals surface area contributed by atoms with Gasteiger partial charge >= 0.3 is 0 Å². The number of nitrogen functional groups attached to an aromatic ring is 1. The third kappa shape index (κ3) is 4.61. The molecule has 1 aromatic heterocycles. The summed E-state index contributed by atoms with van der Waals surface area (Å²) in [5, 5.41) is 2.75. The number of nitrogens with two attached hydrogens (primary N) is 1. The van der Waals surface area contributed by atoms with E-state index in [1.165, 1.54) is 48.8 Å². The van der Waals surface area contributed by atoms with Gasteiger partial charge in [-0.1, -0.05) is 18.2 Å². The largest absolute Gasteiger partial charge is 0.397 e. The Balaban J connectivity index is 1.57. The van der Waals surface area contributed by atoms with Gasteiger partial charge in [0.15, 0.2) is 0 Å². The van der Waals surface area contributed by atoms with Crippen LogP contribution in [-0.2, 0) is 9.84 Å². The van der Waals surface area contributed by atoms with E-state index in [4.69, 9.17) is 5.73 Å². The van der Waals surface area contributed by atoms with Crippen molar-refractivity contribution in [2.75, 3.05) is 11.1 Å². The van der Waals surface area contributed by atoms with E-state index in [0.717, 1.165) is 11.1 Å². The number of nitrogens with zero attached hydrogens (tertiary/aromatic N) is 1. The molecule has 1 heterocycles. The van der Waals surface area contributed by atoms with Crippen molar-refractivity contribution in [2.45, 2.75) is 16.7 Å². The molecule has 0 spiro atoms. The minimum atomic E-state index is -3.76. The highest BCUT2D eigenvalue weighted by atomic mass is 32.2. The number of aryl methyl sites for hydroxylation is 1. The molecular formula is C25H20FN3O3S. The number of halogens is 1. The van der Waals surface area contributed by atoms with Gasteiger partial charge in [-0.3, -0.25) is 9.78 Å². The first-order chi connectivity index (χ1) is 15.8. The second-order valence-corrected chi connectivity index (χ2v) is 9.35. The van der Waals surface area contributed by atoms with Gasteiger partial charge in [-0.2, -0.15) is 0 Å². The van der Waals surface area contributed by atoms with Crippen LogP contribution in [0.5, 0.6) is 0 Å². The molecule has 0 aliphatic carbocycles. The van der Waals surface area contributed by atoms with Crippen LogP contribution in [0.15, 0.2) is 95.0 Å². The summed E-state index contributed by atoms with van der Waals surface area (Å²) < 4.78 is 39.0. The highest BCUT2D eigenvalue weighted by Gasteiger charge is 2.20. The van der Waals surface area contributed by atoms with Crippen molar-refractivity contribution in [3.63, 3.8) is 0 Å². The van der Waals surface area contributed by atoms with E-state index >= 15 is 0 Å². The number of benzene rings is 3. The molecule has 0 aliphatic heterocycles. The third-order valence-electron chi connectivity index (χ3n) is 5.19. The fourth-order valence-corrected chi connectivity index (χ4v) is 4.76. The van der Waals surface area contributed by atoms with Crippen molar-refractivity contribution in [1.29, 1.82) is 0 Å². The van der Waals surface area contributed by atoms with Crippen LogP contribution in [0, 0.1) is 12.7 Å². The van der Waals surface area contributed by atoms with E-state index in [0.29, 0.717) is 16.9 Å². The average Bonchev–Trinajstić information content (AvgIpc) is 2.81. The number of rotatable bonds is 5. The first-order valence-corrected chi connectivity index (χ1v) is 11.5. The Kier molecular flexibility index (Phi) is 5.93. The van der Waals surface area contributed by atoms with Crippen LogP contribution < -0.4 is 11.1 Å². The summed E-state index contributed by atoms with van der Waals surface area (Å²) in [6, 6.07) is 18.4. The van der Waals surface area contributed by atoms with Gasteiger partial charge in [0, 0.05) is 18.0 Å². The Hall–Kier alpha value is -4.04. The predicted molar refractivity (Wildman–Crippen MR) is 125 cm³/mol. The standard InChI is InChI=1S/C25H20FN3O3S/c1-16-12-13-28-15-24(16)33(31,32)21-9-4-18(5-10-21)25(30)29-23-14-19(6-11-22(23)27)17-2-7-20(26)8-3-17/h2-15H,27H2,1H3,(H,29,30). The van der Waals surface area contributed by atoms with E-state index < -0.39 is 15.7 Å². The summed E-state index contributed by atoms with van der Waals surface area (Å²) in [6.07, 6.45) is 2.83. The second kappa shape index (κ2) is 8.84. The van der Waals surface area contributed by atoms with Gasteiger partial charge in [-0.15, -0.1) is 0 Å². The van der Waals surface area contributed by atoms with Gasteiger partial charge in [-0.25, -0.2) is 12.8 Å². The van der Waals surface area contributed by atoms with Gasteiger partial charge < -0.3 is 11.1 Å². The Labute approximate surface area is 190 Å². The monoisotopic (exact) mass is 461 g/mol. The van der Waals surface area contributed by atoms with Gasteiger partial charge in [0.25, 0.3) is 5.91 Å². The molecule has 3 aromatic carbocycles. The number of aromatic nitrogens is 1. The zero-order valence-corrected chi connectivity index (χ0v) is 18.4. The van der Waals surface area contributed by atoms with Gasteiger partial charge in [0.1, 0.15) is 5.82 Å². The summed E-state index contributed by atoms with van der Waals surface area (Å²) in [5.41, 5.74) is 9.15. The number of hydrogen-bond donors (Lipinski definition) is 2. The number of anilines is 2. The molecule has 33 heavy (non-hydrogen) atoms. The minimum Gasteiger partial charge on any atom is -0.397 e. The fourth-order valence-electron chi connectivity index (χ4n) is 3.32. The number of pyridine rings is 1. The molecule has 4 rings (SSSR count). The topological polar surface area (TPSA) is 102 Å². The van der Waals surface area contributed by atoms with Crippen molar-refractivity contribution in [3.8, 4) is 11.1 Å². The summed E-state index contributed by atoms with van der Waals surface area (Å²) in [6.45, 7) is 1.70. The maximum absolute atomic E-state index is 13.2. The number of sulfone groups is 1. The molecule has 0 radical (unpaired) electrons. The average molecular weight is 462 g/mol. The van der Waals surface area contributed by atoms with Crippen LogP contribution in [0.4, 0.5) is 15.8 Å². The SMILES string of the molecule is Cc1ccncc1S(=O)(=O)c1ccc(C(=O)Nc2cc(-c3ccc(F)cc3)ccc2N)cc1. The quantitative estimate of drug-likeness (QED) is 0.413. The second-order valence-electron chi connectivity index (χ2n) is 7.43. The highest BCUT2D eigenvalue weighted by molar-refractivity contribution is 7.91. The lowest BCUT2D eigenvalue weighted by Crippen LogP contribution is -2.13. The van der Waals surface area contributed by atoms with E-state index in [-0.39, 0.29) is 21.2 Å². The van der Waals surface area contributed by atoms with Crippen molar-refractivity contribution >= 4 is 27.1 Å². The van der Waals surface area contributed by atoms with Gasteiger partial charge in [-0.05, 0) is 78.2 Å². The van der Waals surface area contributed by atoms with Crippen molar-refractivity contribution < 1.29 is 17.6 Å². The third-order valence-corrected chi connectivity index (χ3v) is 7.09. The molecule has 0 atom stereocenters. The smallest absolute Gasteiger partial charge is 0.255 e. The lowest BCUT2D eigenvalue weighted by atomic mass is 10.0. The van der Waals surface area contributed by atoms with Crippen LogP contribution in [0.2, 0.25) is 0 Å². The number of carbonyl (C=O) groups excluding carboxylic acids is 1. The maximum Gasteiger partial charge on any atom is 0.255 e. The number of carbonyl (C=O) groups is 1. The Bertz CT molecular complexity index is 1430. The van der Waals surface area contributed by atoms with Crippen molar-refractivity contribution in [2.24, 2.45) is 0 Å². The molecule has 0 unspecified atom stereocenters. The molecule has 0 fully saturated rings. The van der Waals surface area contributed by atoms with Gasteiger partial charge in [0.05, 0.1) is 21.2 Å². The van der Waals surface area contributed by atoms with Crippen LogP contribution in [-0.4, -0.2) is 19.3 Å². The molecule has 8 heteroatoms. The first-order valence-electron chi connectivity index (χ1n) is 9.98. The summed E-state index contributed by atoms with van der Waals surface area (Å²) in [7, 11) is -3.76. The van der Waals surface area contributed by atoms with Crippen molar-refractivity contribution in [3.05, 3.63) is 102 Å². The zero-order valence-electron chi connectivity index (χ0n) is 17.6. The summed E-state index contributed by atoms with van der Waals surface area (Å²) in [4.78, 5) is 16.8. The molecule has 0 bridgehead atoms. The molecular weight excluding hydrogens is 441 g/mol. The fraction of sp³-hybridized carbons (Fsp3) is 0.0400. The van der Waals surface area contributed by atoms with E-state index in [1.54, 1.807) is 43.3 Å². The van der Waals surface area contributed by atoms with E-state index in [2.05, 4.69) is 10.3 Å². The molecule has 6 nitrogen and oxygen atoms in total. The normalized spacial score (nSPS) is 11.2. The van der Waals surface area contributed by atoms with Crippen LogP contribution in [0.25, 0.3) is 11.1 Å². The molecule has 0 saturated heterocycles. The number of hydrogen-bond acceptors (Lipinski definition) is 5. The van der Waals surface area contributed by atoms with Gasteiger partial charge in [0.2, 0.25) is 9.84 Å². The van der Waals surface area contributed by atoms with E-state index in [1.807, 2.05) is 0 Å². The summed E-state index contributed by atoms with van der Waals surface area (Å²) >= 11 is 0. The lowest BCUT2D eigenvalue weighted by Gasteiger charge is -2.12. The Morgan fingerprint density at radius 2 is 1.61 bits per heavy atom. The maximum atomic E-state index is 13.2. The molecule has 166 valence electrons. The molecule has 1 amide bonds. The Morgan fingerprint density at radius 3 is 2.27 bits per heavy atom. The highest BCUT2D eigenvalue weighted by Crippen LogP contribution is 2.28.